The molecule has 0 unspecified atom stereocenters. The van der Waals surface area contributed by atoms with E-state index in [2.05, 4.69) is 10.6 Å². The van der Waals surface area contributed by atoms with Crippen molar-refractivity contribution in [2.45, 2.75) is 32.2 Å². The average molecular weight is 418 g/mol. The Morgan fingerprint density at radius 1 is 1.03 bits per heavy atom. The summed E-state index contributed by atoms with van der Waals surface area (Å²) in [5.41, 5.74) is 8.31. The van der Waals surface area contributed by atoms with Crippen molar-refractivity contribution in [3.8, 4) is 11.5 Å². The van der Waals surface area contributed by atoms with E-state index >= 15 is 0 Å². The third kappa shape index (κ3) is 4.74. The summed E-state index contributed by atoms with van der Waals surface area (Å²) in [6, 6.07) is 10.4. The Bertz CT molecular complexity index is 896. The monoisotopic (exact) mass is 417 g/mol. The number of halogens is 1. The van der Waals surface area contributed by atoms with Crippen LogP contribution in [-0.2, 0) is 11.3 Å². The maximum Gasteiger partial charge on any atom is 0.255 e. The highest BCUT2D eigenvalue weighted by Crippen LogP contribution is 2.38. The smallest absolute Gasteiger partial charge is 0.255 e. The lowest BCUT2D eigenvalue weighted by Crippen LogP contribution is -2.28. The first-order valence-electron chi connectivity index (χ1n) is 9.47. The molecule has 1 heterocycles. The fraction of sp³-hybridized carbons (Fsp3) is 0.333. The van der Waals surface area contributed by atoms with Gasteiger partial charge in [-0.05, 0) is 30.5 Å². The van der Waals surface area contributed by atoms with Crippen molar-refractivity contribution in [2.24, 2.45) is 5.92 Å². The van der Waals surface area contributed by atoms with Gasteiger partial charge in [0.15, 0.2) is 11.5 Å². The van der Waals surface area contributed by atoms with Gasteiger partial charge >= 0.3 is 0 Å². The van der Waals surface area contributed by atoms with Crippen molar-refractivity contribution < 1.29 is 19.1 Å². The highest BCUT2D eigenvalue weighted by Gasteiger charge is 2.22. The second-order valence-corrected chi connectivity index (χ2v) is 7.14. The molecule has 1 aliphatic heterocycles. The third-order valence-corrected chi connectivity index (χ3v) is 5.20. The number of nitrogens with one attached hydrogen (secondary N) is 2. The number of anilines is 2. The normalized spacial score (nSPS) is 14.9. The lowest BCUT2D eigenvalue weighted by molar-refractivity contribution is -0.124. The van der Waals surface area contributed by atoms with Gasteiger partial charge < -0.3 is 25.8 Å². The molecule has 0 radical (unpaired) electrons. The number of nitrogen functional groups attached to an aromatic ring is 1. The SMILES string of the molecule is Cl.Nc1cc2c(cc1NC(=O)c1ccc(CNC(=O)C3CCCC3)cc1)OCO2. The minimum Gasteiger partial charge on any atom is -0.454 e. The number of carbonyl (C=O) groups excluding carboxylic acids is 2. The number of amides is 2. The van der Waals surface area contributed by atoms with Crippen LogP contribution in [0.2, 0.25) is 0 Å². The summed E-state index contributed by atoms with van der Waals surface area (Å²) < 4.78 is 10.6. The van der Waals surface area contributed by atoms with Crippen molar-refractivity contribution in [3.63, 3.8) is 0 Å². The van der Waals surface area contributed by atoms with E-state index in [0.29, 0.717) is 35.0 Å². The van der Waals surface area contributed by atoms with E-state index in [1.807, 2.05) is 12.1 Å². The Balaban J connectivity index is 0.00000240. The summed E-state index contributed by atoms with van der Waals surface area (Å²) in [6.07, 6.45) is 4.23. The summed E-state index contributed by atoms with van der Waals surface area (Å²) in [5.74, 6) is 1.12. The van der Waals surface area contributed by atoms with E-state index in [1.54, 1.807) is 24.3 Å². The number of ether oxygens (including phenoxy) is 2. The number of hydrogen-bond acceptors (Lipinski definition) is 5. The fourth-order valence-electron chi connectivity index (χ4n) is 3.56. The van der Waals surface area contributed by atoms with Gasteiger partial charge in [0.25, 0.3) is 5.91 Å². The van der Waals surface area contributed by atoms with Crippen LogP contribution in [0.25, 0.3) is 0 Å². The summed E-state index contributed by atoms with van der Waals surface area (Å²) in [4.78, 5) is 24.6. The zero-order valence-corrected chi connectivity index (χ0v) is 16.7. The molecule has 4 rings (SSSR count). The topological polar surface area (TPSA) is 103 Å². The standard InChI is InChI=1S/C21H23N3O4.ClH/c22-16-9-18-19(28-12-27-18)10-17(16)24-21(26)15-7-5-13(6-8-15)11-23-20(25)14-3-1-2-4-14;/h5-10,14H,1-4,11-12,22H2,(H,23,25)(H,24,26);1H. The fourth-order valence-corrected chi connectivity index (χ4v) is 3.56. The second-order valence-electron chi connectivity index (χ2n) is 7.14. The van der Waals surface area contributed by atoms with Gasteiger partial charge in [0.1, 0.15) is 0 Å². The van der Waals surface area contributed by atoms with Crippen molar-refractivity contribution in [2.75, 3.05) is 17.8 Å². The molecule has 2 aromatic carbocycles. The van der Waals surface area contributed by atoms with E-state index in [1.165, 1.54) is 0 Å². The maximum absolute atomic E-state index is 12.5. The van der Waals surface area contributed by atoms with Crippen LogP contribution in [-0.4, -0.2) is 18.6 Å². The Kier molecular flexibility index (Phi) is 6.49. The van der Waals surface area contributed by atoms with E-state index in [-0.39, 0.29) is 36.9 Å². The molecule has 0 saturated heterocycles. The molecule has 1 saturated carbocycles. The van der Waals surface area contributed by atoms with Gasteiger partial charge in [-0.3, -0.25) is 9.59 Å². The Hall–Kier alpha value is -2.93. The zero-order valence-electron chi connectivity index (χ0n) is 15.9. The summed E-state index contributed by atoms with van der Waals surface area (Å²) >= 11 is 0. The van der Waals surface area contributed by atoms with Crippen molar-refractivity contribution >= 4 is 35.6 Å². The molecule has 2 aliphatic rings. The lowest BCUT2D eigenvalue weighted by Gasteiger charge is -2.11. The molecule has 1 fully saturated rings. The maximum atomic E-state index is 12.5. The Morgan fingerprint density at radius 3 is 2.38 bits per heavy atom. The largest absolute Gasteiger partial charge is 0.454 e. The predicted octanol–water partition coefficient (Wildman–Crippen LogP) is 3.48. The number of benzene rings is 2. The quantitative estimate of drug-likeness (QED) is 0.646. The molecular weight excluding hydrogens is 394 g/mol. The molecule has 0 atom stereocenters. The van der Waals surface area contributed by atoms with Crippen LogP contribution >= 0.6 is 12.4 Å². The minimum atomic E-state index is -0.271. The Labute approximate surface area is 175 Å². The second kappa shape index (κ2) is 9.05. The van der Waals surface area contributed by atoms with Crippen LogP contribution in [0.5, 0.6) is 11.5 Å². The number of nitrogens with two attached hydrogens (primary N) is 1. The number of hydrogen-bond donors (Lipinski definition) is 3. The average Bonchev–Trinajstić information content (AvgIpc) is 3.38. The van der Waals surface area contributed by atoms with Crippen LogP contribution in [0, 0.1) is 5.92 Å². The molecule has 29 heavy (non-hydrogen) atoms. The van der Waals surface area contributed by atoms with E-state index in [4.69, 9.17) is 15.2 Å². The molecule has 2 aromatic rings. The van der Waals surface area contributed by atoms with E-state index < -0.39 is 0 Å². The summed E-state index contributed by atoms with van der Waals surface area (Å²) in [7, 11) is 0. The van der Waals surface area contributed by atoms with Crippen molar-refractivity contribution in [1.82, 2.24) is 5.32 Å². The predicted molar refractivity (Wildman–Crippen MR) is 112 cm³/mol. The molecule has 1 aliphatic carbocycles. The molecule has 2 amide bonds. The van der Waals surface area contributed by atoms with Gasteiger partial charge in [-0.1, -0.05) is 25.0 Å². The van der Waals surface area contributed by atoms with Gasteiger partial charge in [0, 0.05) is 30.2 Å². The number of carbonyl (C=O) groups is 2. The first-order valence-corrected chi connectivity index (χ1v) is 9.47. The lowest BCUT2D eigenvalue weighted by atomic mass is 10.1. The van der Waals surface area contributed by atoms with Crippen LogP contribution in [0.3, 0.4) is 0 Å². The van der Waals surface area contributed by atoms with Gasteiger partial charge in [-0.2, -0.15) is 0 Å². The molecule has 8 heteroatoms. The molecule has 154 valence electrons. The van der Waals surface area contributed by atoms with Gasteiger partial charge in [-0.15, -0.1) is 12.4 Å². The third-order valence-electron chi connectivity index (χ3n) is 5.20. The molecule has 4 N–H and O–H groups in total. The number of fused-ring (bicyclic) bond motifs is 1. The van der Waals surface area contributed by atoms with Gasteiger partial charge in [0.05, 0.1) is 11.4 Å². The summed E-state index contributed by atoms with van der Waals surface area (Å²) in [6.45, 7) is 0.608. The molecule has 7 nitrogen and oxygen atoms in total. The van der Waals surface area contributed by atoms with Crippen LogP contribution in [0.1, 0.15) is 41.6 Å². The molecule has 0 bridgehead atoms. The molecule has 0 spiro atoms. The van der Waals surface area contributed by atoms with Crippen LogP contribution in [0.4, 0.5) is 11.4 Å². The Morgan fingerprint density at radius 2 is 1.69 bits per heavy atom. The molecular formula is C21H24ClN3O4. The highest BCUT2D eigenvalue weighted by atomic mass is 35.5. The highest BCUT2D eigenvalue weighted by molar-refractivity contribution is 6.06. The minimum absolute atomic E-state index is 0. The van der Waals surface area contributed by atoms with Crippen molar-refractivity contribution in [1.29, 1.82) is 0 Å². The van der Waals surface area contributed by atoms with Crippen LogP contribution < -0.4 is 25.8 Å². The molecule has 0 aromatic heterocycles. The van der Waals surface area contributed by atoms with Crippen LogP contribution in [0.15, 0.2) is 36.4 Å². The summed E-state index contributed by atoms with van der Waals surface area (Å²) in [5, 5.41) is 5.77. The zero-order chi connectivity index (χ0) is 19.5. The van der Waals surface area contributed by atoms with E-state index in [9.17, 15) is 9.59 Å². The first kappa shape index (κ1) is 20.8. The van der Waals surface area contributed by atoms with Gasteiger partial charge in [0.2, 0.25) is 12.7 Å². The van der Waals surface area contributed by atoms with Crippen molar-refractivity contribution in [3.05, 3.63) is 47.5 Å². The first-order chi connectivity index (χ1) is 13.6. The van der Waals surface area contributed by atoms with Gasteiger partial charge in [-0.25, -0.2) is 0 Å². The number of rotatable bonds is 5. The van der Waals surface area contributed by atoms with E-state index in [0.717, 1.165) is 31.2 Å².